The molecule has 0 spiro atoms. The molecule has 1 aliphatic rings. The molecule has 0 radical (unpaired) electrons. The largest absolute Gasteiger partial charge is 0.344 e. The van der Waals surface area contributed by atoms with Crippen molar-refractivity contribution in [2.24, 2.45) is 4.40 Å². The molecule has 3 N–H and O–H groups in total. The first-order valence-electron chi connectivity index (χ1n) is 4.16. The Hall–Kier alpha value is -1.16. The topological polar surface area (TPSA) is 108 Å². The van der Waals surface area contributed by atoms with Crippen molar-refractivity contribution in [1.82, 2.24) is 0 Å². The van der Waals surface area contributed by atoms with Crippen molar-refractivity contribution in [3.05, 3.63) is 17.2 Å². The molecule has 2 rings (SSSR count). The van der Waals surface area contributed by atoms with Crippen LogP contribution in [0.4, 0.5) is 11.4 Å². The standard InChI is InChI=1S/C7H6ClN3O4S2/c8-4-1-6-7(2-5(4)11-16(12)13)17(14,15)10-3-9-6/h1-3,11H,(H,9,10)(H,12,13). The van der Waals surface area contributed by atoms with Crippen molar-refractivity contribution >= 4 is 50.6 Å². The minimum Gasteiger partial charge on any atom is -0.344 e. The van der Waals surface area contributed by atoms with Gasteiger partial charge in [-0.2, -0.15) is 8.42 Å². The Labute approximate surface area is 104 Å². The fourth-order valence-corrected chi connectivity index (χ4v) is 2.87. The summed E-state index contributed by atoms with van der Waals surface area (Å²) in [5, 5.41) is 2.73. The summed E-state index contributed by atoms with van der Waals surface area (Å²) in [6.45, 7) is 0. The number of nitrogens with one attached hydrogen (secondary N) is 2. The Kier molecular flexibility index (Phi) is 3.08. The first kappa shape index (κ1) is 12.3. The van der Waals surface area contributed by atoms with Crippen LogP contribution in [0.5, 0.6) is 0 Å². The fraction of sp³-hybridized carbons (Fsp3) is 0. The lowest BCUT2D eigenvalue weighted by molar-refractivity contribution is 0.570. The number of sulfonamides is 1. The minimum atomic E-state index is -3.79. The molecule has 0 saturated carbocycles. The number of fused-ring (bicyclic) bond motifs is 1. The van der Waals surface area contributed by atoms with E-state index in [-0.39, 0.29) is 21.3 Å². The van der Waals surface area contributed by atoms with E-state index in [1.807, 2.05) is 0 Å². The molecule has 0 bridgehead atoms. The lowest BCUT2D eigenvalue weighted by atomic mass is 10.3. The van der Waals surface area contributed by atoms with Crippen molar-refractivity contribution in [2.75, 3.05) is 10.0 Å². The highest BCUT2D eigenvalue weighted by Gasteiger charge is 2.23. The average molecular weight is 296 g/mol. The zero-order chi connectivity index (χ0) is 12.6. The van der Waals surface area contributed by atoms with E-state index in [1.165, 1.54) is 6.07 Å². The molecule has 0 fully saturated rings. The fourth-order valence-electron chi connectivity index (χ4n) is 1.27. The number of benzene rings is 1. The van der Waals surface area contributed by atoms with Gasteiger partial charge in [-0.15, -0.1) is 4.40 Å². The normalized spacial score (nSPS) is 18.0. The molecule has 0 aliphatic carbocycles. The average Bonchev–Trinajstić information content (AvgIpc) is 2.19. The van der Waals surface area contributed by atoms with Crippen molar-refractivity contribution in [3.63, 3.8) is 0 Å². The Morgan fingerprint density at radius 2 is 2.18 bits per heavy atom. The molecule has 10 heteroatoms. The maximum Gasteiger partial charge on any atom is 0.285 e. The van der Waals surface area contributed by atoms with Crippen LogP contribution in [-0.4, -0.2) is 23.5 Å². The van der Waals surface area contributed by atoms with E-state index in [0.29, 0.717) is 0 Å². The van der Waals surface area contributed by atoms with Gasteiger partial charge in [-0.1, -0.05) is 11.6 Å². The number of nitrogens with zero attached hydrogens (tertiary/aromatic N) is 1. The highest BCUT2D eigenvalue weighted by molar-refractivity contribution is 7.90. The molecule has 1 unspecified atom stereocenters. The quantitative estimate of drug-likeness (QED) is 0.706. The van der Waals surface area contributed by atoms with Crippen LogP contribution in [0.1, 0.15) is 0 Å². The van der Waals surface area contributed by atoms with E-state index in [1.54, 1.807) is 0 Å². The van der Waals surface area contributed by atoms with Gasteiger partial charge in [-0.25, -0.2) is 4.21 Å². The first-order chi connectivity index (χ1) is 7.90. The summed E-state index contributed by atoms with van der Waals surface area (Å²) in [4.78, 5) is -0.114. The van der Waals surface area contributed by atoms with E-state index in [4.69, 9.17) is 16.2 Å². The minimum absolute atomic E-state index is 0.0359. The maximum atomic E-state index is 11.6. The summed E-state index contributed by atoms with van der Waals surface area (Å²) in [6, 6.07) is 2.47. The van der Waals surface area contributed by atoms with Crippen molar-refractivity contribution in [3.8, 4) is 0 Å². The molecule has 1 aliphatic heterocycles. The zero-order valence-corrected chi connectivity index (χ0v) is 10.4. The summed E-state index contributed by atoms with van der Waals surface area (Å²) >= 11 is 3.47. The van der Waals surface area contributed by atoms with Gasteiger partial charge in [0.15, 0.2) is 0 Å². The van der Waals surface area contributed by atoms with Gasteiger partial charge in [0.2, 0.25) is 0 Å². The molecular weight excluding hydrogens is 290 g/mol. The Bertz CT molecular complexity index is 628. The smallest absolute Gasteiger partial charge is 0.285 e. The van der Waals surface area contributed by atoms with Crippen LogP contribution in [-0.2, 0) is 21.3 Å². The molecule has 1 aromatic rings. The molecule has 7 nitrogen and oxygen atoms in total. The molecule has 1 aromatic carbocycles. The first-order valence-corrected chi connectivity index (χ1v) is 7.09. The Balaban J connectivity index is 2.60. The SMILES string of the molecule is O=S(O)Nc1cc2c(cc1Cl)NC=NS2(=O)=O. The molecule has 1 heterocycles. The molecule has 0 saturated heterocycles. The second kappa shape index (κ2) is 4.26. The van der Waals surface area contributed by atoms with Crippen LogP contribution in [0.2, 0.25) is 5.02 Å². The molecule has 92 valence electrons. The number of rotatable bonds is 2. The highest BCUT2D eigenvalue weighted by atomic mass is 35.5. The molecule has 17 heavy (non-hydrogen) atoms. The summed E-state index contributed by atoms with van der Waals surface area (Å²) in [7, 11) is -3.79. The van der Waals surface area contributed by atoms with Crippen LogP contribution >= 0.6 is 11.6 Å². The van der Waals surface area contributed by atoms with E-state index in [2.05, 4.69) is 14.4 Å². The van der Waals surface area contributed by atoms with E-state index in [0.717, 1.165) is 12.4 Å². The van der Waals surface area contributed by atoms with Gasteiger partial charge in [0, 0.05) is 0 Å². The van der Waals surface area contributed by atoms with Crippen LogP contribution in [0.3, 0.4) is 0 Å². The zero-order valence-electron chi connectivity index (χ0n) is 8.05. The lowest BCUT2D eigenvalue weighted by Crippen LogP contribution is -2.12. The van der Waals surface area contributed by atoms with Gasteiger partial charge in [0.1, 0.15) is 11.2 Å². The van der Waals surface area contributed by atoms with Gasteiger partial charge < -0.3 is 5.32 Å². The van der Waals surface area contributed by atoms with Gasteiger partial charge >= 0.3 is 0 Å². The van der Waals surface area contributed by atoms with E-state index >= 15 is 0 Å². The van der Waals surface area contributed by atoms with Crippen molar-refractivity contribution in [2.45, 2.75) is 4.90 Å². The van der Waals surface area contributed by atoms with Gasteiger partial charge in [0.25, 0.3) is 21.3 Å². The third-order valence-corrected chi connectivity index (χ3v) is 3.94. The van der Waals surface area contributed by atoms with E-state index < -0.39 is 21.3 Å². The van der Waals surface area contributed by atoms with E-state index in [9.17, 15) is 12.6 Å². The van der Waals surface area contributed by atoms with Gasteiger partial charge in [-0.3, -0.25) is 9.27 Å². The molecule has 1 atom stereocenters. The Morgan fingerprint density at radius 1 is 1.47 bits per heavy atom. The van der Waals surface area contributed by atoms with Crippen LogP contribution in [0, 0.1) is 0 Å². The summed E-state index contributed by atoms with van der Waals surface area (Å²) in [5.41, 5.74) is 0.299. The molecule has 0 amide bonds. The molecular formula is C7H6ClN3O4S2. The van der Waals surface area contributed by atoms with Crippen molar-refractivity contribution < 1.29 is 17.2 Å². The summed E-state index contributed by atoms with van der Waals surface area (Å²) in [6.07, 6.45) is 1.03. The number of hydrogen-bond acceptors (Lipinski definition) is 4. The second-order valence-corrected chi connectivity index (χ2v) is 5.74. The van der Waals surface area contributed by atoms with Crippen LogP contribution in [0.15, 0.2) is 21.4 Å². The highest BCUT2D eigenvalue weighted by Crippen LogP contribution is 2.34. The second-order valence-electron chi connectivity index (χ2n) is 3.03. The molecule has 0 aromatic heterocycles. The number of halogens is 1. The predicted molar refractivity (Wildman–Crippen MR) is 65.1 cm³/mol. The van der Waals surface area contributed by atoms with Crippen molar-refractivity contribution in [1.29, 1.82) is 0 Å². The van der Waals surface area contributed by atoms with Gasteiger partial charge in [-0.05, 0) is 12.1 Å². The number of hydrogen-bond donors (Lipinski definition) is 3. The predicted octanol–water partition coefficient (Wildman–Crippen LogP) is 1.03. The monoisotopic (exact) mass is 295 g/mol. The Morgan fingerprint density at radius 3 is 2.82 bits per heavy atom. The summed E-state index contributed by atoms with van der Waals surface area (Å²) < 4.78 is 47.8. The number of anilines is 2. The lowest BCUT2D eigenvalue weighted by Gasteiger charge is -2.14. The summed E-state index contributed by atoms with van der Waals surface area (Å²) in [5.74, 6) is 0. The van der Waals surface area contributed by atoms with Crippen LogP contribution < -0.4 is 10.0 Å². The third-order valence-electron chi connectivity index (χ3n) is 1.96. The van der Waals surface area contributed by atoms with Gasteiger partial charge in [0.05, 0.1) is 16.4 Å². The maximum absolute atomic E-state index is 11.6. The third kappa shape index (κ3) is 2.41. The van der Waals surface area contributed by atoms with Crippen LogP contribution in [0.25, 0.3) is 0 Å².